The van der Waals surface area contributed by atoms with Crippen molar-refractivity contribution >= 4 is 20.5 Å². The van der Waals surface area contributed by atoms with Gasteiger partial charge in [0.05, 0.1) is 5.56 Å². The SMILES string of the molecule is CC(C)(C)[Si](C)(C)N1C=CC=CB1c1ccc(C(F)(F)F)cc1. The molecule has 1 aromatic rings. The Hall–Kier alpha value is -1.43. The lowest BCUT2D eigenvalue weighted by atomic mass is 9.55. The highest BCUT2D eigenvalue weighted by molar-refractivity contribution is 6.92. The van der Waals surface area contributed by atoms with Crippen LogP contribution in [0.1, 0.15) is 26.3 Å². The number of hydrogen-bond acceptors (Lipinski definition) is 1. The van der Waals surface area contributed by atoms with E-state index in [1.807, 2.05) is 12.2 Å². The van der Waals surface area contributed by atoms with Gasteiger partial charge in [-0.1, -0.05) is 75.6 Å². The highest BCUT2D eigenvalue weighted by Crippen LogP contribution is 2.39. The van der Waals surface area contributed by atoms with Crippen LogP contribution >= 0.6 is 0 Å². The predicted molar refractivity (Wildman–Crippen MR) is 94.1 cm³/mol. The Bertz CT molecular complexity index is 612. The molecule has 0 aliphatic carbocycles. The summed E-state index contributed by atoms with van der Waals surface area (Å²) in [6.45, 7) is 11.3. The molecular formula is C17H23BF3NSi. The van der Waals surface area contributed by atoms with E-state index in [-0.39, 0.29) is 11.9 Å². The number of alkyl halides is 3. The van der Waals surface area contributed by atoms with E-state index in [0.717, 1.165) is 5.46 Å². The van der Waals surface area contributed by atoms with Gasteiger partial charge in [-0.15, -0.1) is 0 Å². The van der Waals surface area contributed by atoms with E-state index in [4.69, 9.17) is 0 Å². The smallest absolute Gasteiger partial charge is 0.416 e. The van der Waals surface area contributed by atoms with Gasteiger partial charge in [0.25, 0.3) is 0 Å². The van der Waals surface area contributed by atoms with E-state index in [2.05, 4.69) is 50.5 Å². The third-order valence-electron chi connectivity index (χ3n) is 5.01. The molecule has 1 aromatic carbocycles. The summed E-state index contributed by atoms with van der Waals surface area (Å²) < 4.78 is 40.6. The third-order valence-corrected chi connectivity index (χ3v) is 10.4. The lowest BCUT2D eigenvalue weighted by Crippen LogP contribution is -2.61. The maximum absolute atomic E-state index is 12.8. The summed E-state index contributed by atoms with van der Waals surface area (Å²) in [4.78, 5) is 0. The summed E-state index contributed by atoms with van der Waals surface area (Å²) in [6.07, 6.45) is 1.76. The maximum atomic E-state index is 12.8. The van der Waals surface area contributed by atoms with Crippen molar-refractivity contribution in [1.82, 2.24) is 4.48 Å². The molecule has 124 valence electrons. The van der Waals surface area contributed by atoms with Crippen molar-refractivity contribution < 1.29 is 13.2 Å². The zero-order chi connectivity index (χ0) is 17.5. The van der Waals surface area contributed by atoms with E-state index in [0.29, 0.717) is 0 Å². The first-order valence-electron chi connectivity index (χ1n) is 7.75. The molecule has 1 heterocycles. The average Bonchev–Trinajstić information content (AvgIpc) is 2.45. The highest BCUT2D eigenvalue weighted by Gasteiger charge is 2.44. The Morgan fingerprint density at radius 1 is 0.957 bits per heavy atom. The van der Waals surface area contributed by atoms with Gasteiger partial charge >= 0.3 is 13.0 Å². The van der Waals surface area contributed by atoms with Crippen molar-refractivity contribution in [2.24, 2.45) is 0 Å². The second-order valence-corrected chi connectivity index (χ2v) is 12.6. The van der Waals surface area contributed by atoms with Gasteiger partial charge in [0.1, 0.15) is 8.24 Å². The van der Waals surface area contributed by atoms with Gasteiger partial charge in [0.2, 0.25) is 0 Å². The summed E-state index contributed by atoms with van der Waals surface area (Å²) in [5.41, 5.74) is 0.291. The minimum atomic E-state index is -4.29. The van der Waals surface area contributed by atoms with E-state index in [1.54, 1.807) is 12.1 Å². The number of benzene rings is 1. The first-order valence-corrected chi connectivity index (χ1v) is 10.7. The number of hydrogen-bond donors (Lipinski definition) is 0. The average molecular weight is 337 g/mol. The molecule has 6 heteroatoms. The zero-order valence-corrected chi connectivity index (χ0v) is 15.3. The number of halogens is 3. The van der Waals surface area contributed by atoms with Crippen LogP contribution < -0.4 is 5.46 Å². The van der Waals surface area contributed by atoms with Gasteiger partial charge < -0.3 is 4.48 Å². The van der Waals surface area contributed by atoms with E-state index >= 15 is 0 Å². The van der Waals surface area contributed by atoms with Crippen molar-refractivity contribution in [1.29, 1.82) is 0 Å². The molecule has 0 N–H and O–H groups in total. The van der Waals surface area contributed by atoms with Gasteiger partial charge in [0.15, 0.2) is 0 Å². The van der Waals surface area contributed by atoms with E-state index in [9.17, 15) is 13.2 Å². The molecule has 0 saturated heterocycles. The summed E-state index contributed by atoms with van der Waals surface area (Å²) >= 11 is 0. The molecule has 0 fully saturated rings. The molecule has 0 atom stereocenters. The highest BCUT2D eigenvalue weighted by atomic mass is 28.3. The fraction of sp³-hybridized carbons (Fsp3) is 0.412. The normalized spacial score (nSPS) is 16.2. The minimum absolute atomic E-state index is 0.0109. The first-order chi connectivity index (χ1) is 10.4. The molecule has 0 bridgehead atoms. The fourth-order valence-electron chi connectivity index (χ4n) is 2.56. The Labute approximate surface area is 138 Å². The van der Waals surface area contributed by atoms with E-state index < -0.39 is 20.0 Å². The molecule has 23 heavy (non-hydrogen) atoms. The van der Waals surface area contributed by atoms with Crippen molar-refractivity contribution in [2.45, 2.75) is 45.1 Å². The number of rotatable bonds is 2. The minimum Gasteiger partial charge on any atom is -0.441 e. The molecule has 0 saturated carbocycles. The summed E-state index contributed by atoms with van der Waals surface area (Å²) in [5.74, 6) is 2.06. The van der Waals surface area contributed by atoms with Crippen LogP contribution in [0.4, 0.5) is 13.2 Å². The van der Waals surface area contributed by atoms with Gasteiger partial charge in [-0.2, -0.15) is 13.2 Å². The van der Waals surface area contributed by atoms with Crippen molar-refractivity contribution in [3.63, 3.8) is 0 Å². The van der Waals surface area contributed by atoms with Gasteiger partial charge in [-0.05, 0) is 17.3 Å². The fourth-order valence-corrected chi connectivity index (χ4v) is 4.72. The molecular weight excluding hydrogens is 314 g/mol. The topological polar surface area (TPSA) is 3.24 Å². The van der Waals surface area contributed by atoms with Crippen LogP contribution in [0.15, 0.2) is 48.6 Å². The standard InChI is InChI=1S/C17H23BF3NSi/c1-16(2,3)23(4,5)22-13-7-6-12-18(22)15-10-8-14(9-11-15)17(19,20)21/h6-13H,1-5H3. The van der Waals surface area contributed by atoms with Gasteiger partial charge in [-0.25, -0.2) is 0 Å². The van der Waals surface area contributed by atoms with Crippen LogP contribution in [0.3, 0.4) is 0 Å². The molecule has 0 amide bonds. The van der Waals surface area contributed by atoms with Crippen LogP contribution in [0.5, 0.6) is 0 Å². The Kier molecular flexibility index (Phi) is 4.59. The lowest BCUT2D eigenvalue weighted by molar-refractivity contribution is -0.137. The molecule has 0 unspecified atom stereocenters. The zero-order valence-electron chi connectivity index (χ0n) is 14.3. The molecule has 1 nitrogen and oxygen atoms in total. The Morgan fingerprint density at radius 3 is 2.00 bits per heavy atom. The first kappa shape index (κ1) is 17.9. The number of allylic oxidation sites excluding steroid dienone is 2. The number of nitrogens with zero attached hydrogens (tertiary/aromatic N) is 1. The van der Waals surface area contributed by atoms with Crippen LogP contribution in [0, 0.1) is 0 Å². The molecule has 0 radical (unpaired) electrons. The molecule has 2 rings (SSSR count). The largest absolute Gasteiger partial charge is 0.441 e. The van der Waals surface area contributed by atoms with Crippen LogP contribution in [0.2, 0.25) is 18.1 Å². The van der Waals surface area contributed by atoms with Crippen molar-refractivity contribution in [3.05, 3.63) is 54.2 Å². The maximum Gasteiger partial charge on any atom is 0.416 e. The van der Waals surface area contributed by atoms with Crippen LogP contribution in [0.25, 0.3) is 0 Å². The summed E-state index contributed by atoms with van der Waals surface area (Å²) in [6, 6.07) is 5.53. The van der Waals surface area contributed by atoms with Gasteiger partial charge in [-0.3, -0.25) is 0 Å². The van der Waals surface area contributed by atoms with Crippen LogP contribution in [-0.4, -0.2) is 19.6 Å². The summed E-state index contributed by atoms with van der Waals surface area (Å²) in [7, 11) is -1.83. The summed E-state index contributed by atoms with van der Waals surface area (Å²) in [5, 5.41) is 0.146. The Balaban J connectivity index is 2.37. The molecule has 0 aromatic heterocycles. The van der Waals surface area contributed by atoms with Crippen molar-refractivity contribution in [3.8, 4) is 0 Å². The predicted octanol–water partition coefficient (Wildman–Crippen LogP) is 4.83. The second-order valence-electron chi connectivity index (χ2n) is 7.51. The molecule has 1 aliphatic rings. The van der Waals surface area contributed by atoms with E-state index in [1.165, 1.54) is 12.1 Å². The Morgan fingerprint density at radius 2 is 1.52 bits per heavy atom. The molecule has 0 spiro atoms. The molecule has 1 aliphatic heterocycles. The second kappa shape index (κ2) is 5.89. The lowest BCUT2D eigenvalue weighted by Gasteiger charge is -2.49. The quantitative estimate of drug-likeness (QED) is 0.699. The van der Waals surface area contributed by atoms with Gasteiger partial charge in [0, 0.05) is 0 Å². The van der Waals surface area contributed by atoms with Crippen LogP contribution in [-0.2, 0) is 6.18 Å². The monoisotopic (exact) mass is 337 g/mol. The van der Waals surface area contributed by atoms with Crippen molar-refractivity contribution in [2.75, 3.05) is 0 Å². The third kappa shape index (κ3) is 3.57.